The zero-order valence-corrected chi connectivity index (χ0v) is 22.4. The van der Waals surface area contributed by atoms with Crippen molar-refractivity contribution in [2.75, 3.05) is 32.6 Å². The van der Waals surface area contributed by atoms with Crippen LogP contribution >= 0.6 is 0 Å². The van der Waals surface area contributed by atoms with Gasteiger partial charge in [0.15, 0.2) is 0 Å². The van der Waals surface area contributed by atoms with E-state index in [0.29, 0.717) is 41.7 Å². The summed E-state index contributed by atoms with van der Waals surface area (Å²) in [6, 6.07) is 19.6. The van der Waals surface area contributed by atoms with Gasteiger partial charge in [0.2, 0.25) is 0 Å². The zero-order valence-electron chi connectivity index (χ0n) is 22.4. The molecule has 5 aromatic rings. The summed E-state index contributed by atoms with van der Waals surface area (Å²) < 4.78 is 11.9. The van der Waals surface area contributed by atoms with Gasteiger partial charge in [-0.1, -0.05) is 18.2 Å². The van der Waals surface area contributed by atoms with Crippen LogP contribution in [0.2, 0.25) is 0 Å². The molecule has 0 saturated heterocycles. The largest absolute Gasteiger partial charge is 0.465 e. The Hall–Kier alpha value is -5.12. The van der Waals surface area contributed by atoms with E-state index in [2.05, 4.69) is 15.6 Å². The van der Waals surface area contributed by atoms with Crippen molar-refractivity contribution in [3.05, 3.63) is 83.2 Å². The third-order valence-corrected chi connectivity index (χ3v) is 6.73. The minimum Gasteiger partial charge on any atom is -0.465 e. The van der Waals surface area contributed by atoms with E-state index in [1.807, 2.05) is 54.1 Å². The van der Waals surface area contributed by atoms with E-state index in [1.54, 1.807) is 24.3 Å². The van der Waals surface area contributed by atoms with E-state index in [9.17, 15) is 14.4 Å². The Balaban J connectivity index is 1.55. The van der Waals surface area contributed by atoms with Gasteiger partial charge in [-0.15, -0.1) is 0 Å². The number of anilines is 1. The first-order valence-corrected chi connectivity index (χ1v) is 12.8. The number of nitrogens with zero attached hydrogens (tertiary/aromatic N) is 2. The number of aromatic nitrogens is 2. The van der Waals surface area contributed by atoms with Gasteiger partial charge in [0.05, 0.1) is 41.6 Å². The van der Waals surface area contributed by atoms with Crippen molar-refractivity contribution in [3.8, 4) is 0 Å². The first kappa shape index (κ1) is 26.5. The van der Waals surface area contributed by atoms with Crippen molar-refractivity contribution >= 4 is 56.5 Å². The van der Waals surface area contributed by atoms with Gasteiger partial charge in [0, 0.05) is 42.1 Å². The molecule has 3 aromatic carbocycles. The van der Waals surface area contributed by atoms with Gasteiger partial charge >= 0.3 is 18.0 Å². The number of para-hydroxylation sites is 1. The summed E-state index contributed by atoms with van der Waals surface area (Å²) in [6.45, 7) is 0.826. The van der Waals surface area contributed by atoms with Crippen molar-refractivity contribution in [2.45, 2.75) is 6.42 Å². The Kier molecular flexibility index (Phi) is 7.50. The molecule has 0 aliphatic rings. The molecule has 0 saturated carbocycles. The van der Waals surface area contributed by atoms with Crippen molar-refractivity contribution in [2.24, 2.45) is 12.0 Å². The predicted molar refractivity (Wildman–Crippen MR) is 153 cm³/mol. The van der Waals surface area contributed by atoms with Gasteiger partial charge in [0.25, 0.3) is 0 Å². The predicted octanol–water partition coefficient (Wildman–Crippen LogP) is 4.50. The Morgan fingerprint density at radius 2 is 1.57 bits per heavy atom. The average molecular weight is 540 g/mol. The summed E-state index contributed by atoms with van der Waals surface area (Å²) in [5, 5.41) is 8.70. The third kappa shape index (κ3) is 5.11. The fourth-order valence-electron chi connectivity index (χ4n) is 4.76. The van der Waals surface area contributed by atoms with Crippen LogP contribution in [0.5, 0.6) is 0 Å². The minimum absolute atomic E-state index is 0.291. The van der Waals surface area contributed by atoms with E-state index in [-0.39, 0.29) is 6.03 Å². The number of carbonyl (C=O) groups excluding carboxylic acids is 3. The van der Waals surface area contributed by atoms with E-state index in [0.717, 1.165) is 32.8 Å². The number of fused-ring (bicyclic) bond motifs is 4. The number of H-pyrrole nitrogens is 1. The summed E-state index contributed by atoms with van der Waals surface area (Å²) in [4.78, 5) is 45.3. The highest BCUT2D eigenvalue weighted by Crippen LogP contribution is 2.27. The number of aromatic amines is 1. The molecule has 5 rings (SSSR count). The fourth-order valence-corrected chi connectivity index (χ4v) is 4.76. The highest BCUT2D eigenvalue weighted by Gasteiger charge is 2.17. The van der Waals surface area contributed by atoms with Gasteiger partial charge < -0.3 is 29.7 Å². The van der Waals surface area contributed by atoms with E-state index >= 15 is 0 Å². The lowest BCUT2D eigenvalue weighted by molar-refractivity contribution is 0.0592. The molecule has 3 N–H and O–H groups in total. The number of rotatable bonds is 7. The van der Waals surface area contributed by atoms with Gasteiger partial charge in [-0.25, -0.2) is 14.4 Å². The maximum absolute atomic E-state index is 12.4. The number of carbonyl (C=O) groups is 3. The second-order valence-corrected chi connectivity index (χ2v) is 9.21. The summed E-state index contributed by atoms with van der Waals surface area (Å²) >= 11 is 0. The lowest BCUT2D eigenvalue weighted by atomic mass is 10.1. The number of pyridine rings is 1. The van der Waals surface area contributed by atoms with Gasteiger partial charge in [0.1, 0.15) is 5.65 Å². The van der Waals surface area contributed by atoms with Gasteiger partial charge in [-0.05, 0) is 55.0 Å². The van der Waals surface area contributed by atoms with Crippen molar-refractivity contribution < 1.29 is 23.9 Å². The standard InChI is InChI=1S/C30H29N5O5/c1-35-24-13-11-19(29(37)40-3)17-22(24)26(31-14-7-15-32-30(38)33-20-8-5-4-6-9-20)25-21-16-18(28(36)39-2)10-12-23(21)34-27(25)35/h4-6,8-13,16-17,34H,7,14-15H2,1-3H3,(H2,32,33,38). The van der Waals surface area contributed by atoms with Crippen molar-refractivity contribution in [1.29, 1.82) is 0 Å². The number of benzene rings is 3. The maximum Gasteiger partial charge on any atom is 0.337 e. The molecule has 0 bridgehead atoms. The molecule has 0 atom stereocenters. The number of amides is 2. The van der Waals surface area contributed by atoms with Crippen LogP contribution in [0.4, 0.5) is 10.5 Å². The smallest absolute Gasteiger partial charge is 0.337 e. The number of aryl methyl sites for hydroxylation is 1. The lowest BCUT2D eigenvalue weighted by Gasteiger charge is -2.11. The second kappa shape index (κ2) is 11.3. The van der Waals surface area contributed by atoms with E-state index in [1.165, 1.54) is 14.2 Å². The highest BCUT2D eigenvalue weighted by atomic mass is 16.5. The summed E-state index contributed by atoms with van der Waals surface area (Å²) in [5.41, 5.74) is 4.04. The van der Waals surface area contributed by atoms with E-state index in [4.69, 9.17) is 14.5 Å². The molecule has 10 heteroatoms. The first-order valence-electron chi connectivity index (χ1n) is 12.8. The quantitative estimate of drug-likeness (QED) is 0.207. The number of esters is 2. The zero-order chi connectivity index (χ0) is 28.2. The molecule has 204 valence electrons. The third-order valence-electron chi connectivity index (χ3n) is 6.73. The Morgan fingerprint density at radius 1 is 0.900 bits per heavy atom. The fraction of sp³-hybridized carbons (Fsp3) is 0.200. The molecule has 0 spiro atoms. The molecule has 0 radical (unpaired) electrons. The molecule has 2 heterocycles. The molecule has 0 aliphatic carbocycles. The number of ether oxygens (including phenoxy) is 2. The molecule has 0 unspecified atom stereocenters. The maximum atomic E-state index is 12.4. The van der Waals surface area contributed by atoms with Crippen LogP contribution in [0, 0.1) is 0 Å². The number of urea groups is 1. The number of methoxy groups -OCH3 is 2. The molecular formula is C30H29N5O5. The Bertz CT molecular complexity index is 1820. The lowest BCUT2D eigenvalue weighted by Crippen LogP contribution is -2.29. The monoisotopic (exact) mass is 539 g/mol. The molecular weight excluding hydrogens is 510 g/mol. The molecule has 0 aliphatic heterocycles. The number of hydrogen-bond donors (Lipinski definition) is 3. The van der Waals surface area contributed by atoms with Crippen LogP contribution < -0.4 is 16.0 Å². The van der Waals surface area contributed by atoms with E-state index < -0.39 is 11.9 Å². The Morgan fingerprint density at radius 3 is 2.27 bits per heavy atom. The first-order chi connectivity index (χ1) is 19.4. The highest BCUT2D eigenvalue weighted by molar-refractivity contribution is 6.11. The van der Waals surface area contributed by atoms with Crippen LogP contribution in [-0.2, 0) is 16.5 Å². The normalized spacial score (nSPS) is 11.6. The molecule has 2 aromatic heterocycles. The van der Waals surface area contributed by atoms with Crippen LogP contribution in [0.3, 0.4) is 0 Å². The second-order valence-electron chi connectivity index (χ2n) is 9.21. The SMILES string of the molecule is COC(=O)c1ccc2c(c1)c(=NCCCNC(=O)Nc1ccccc1)c1c3cc(C(=O)OC)ccc3[nH]c1n2C. The van der Waals surface area contributed by atoms with Crippen LogP contribution in [0.1, 0.15) is 27.1 Å². The minimum atomic E-state index is -0.448. The van der Waals surface area contributed by atoms with Gasteiger partial charge in [-0.2, -0.15) is 0 Å². The topological polar surface area (TPSA) is 127 Å². The number of hydrogen-bond acceptors (Lipinski definition) is 6. The van der Waals surface area contributed by atoms with Crippen LogP contribution in [0.25, 0.3) is 32.8 Å². The van der Waals surface area contributed by atoms with Crippen LogP contribution in [-0.4, -0.2) is 54.8 Å². The van der Waals surface area contributed by atoms with Gasteiger partial charge in [-0.3, -0.25) is 4.99 Å². The average Bonchev–Trinajstić information content (AvgIpc) is 3.37. The summed E-state index contributed by atoms with van der Waals surface area (Å²) in [5.74, 6) is -0.885. The molecule has 0 fully saturated rings. The summed E-state index contributed by atoms with van der Waals surface area (Å²) in [6.07, 6.45) is 0.582. The Labute approximate surface area is 229 Å². The molecule has 40 heavy (non-hydrogen) atoms. The number of nitrogens with one attached hydrogen (secondary N) is 3. The molecule has 2 amide bonds. The summed E-state index contributed by atoms with van der Waals surface area (Å²) in [7, 11) is 4.62. The van der Waals surface area contributed by atoms with Crippen molar-refractivity contribution in [3.63, 3.8) is 0 Å². The van der Waals surface area contributed by atoms with Crippen LogP contribution in [0.15, 0.2) is 71.7 Å². The van der Waals surface area contributed by atoms with Crippen molar-refractivity contribution in [1.82, 2.24) is 14.9 Å². The molecule has 10 nitrogen and oxygen atoms in total.